The Morgan fingerprint density at radius 2 is 1.96 bits per heavy atom. The van der Waals surface area contributed by atoms with Gasteiger partial charge in [0.05, 0.1) is 11.6 Å². The molecule has 6 heteroatoms. The summed E-state index contributed by atoms with van der Waals surface area (Å²) >= 11 is 0. The standard InChI is InChI=1S/C20H16FN3O2/c21-14-5-3-12-4-7-18(16(12)11-14)24-20(26)19(25)23-15-6-8-17-13(10-15)2-1-9-22-17/h1-3,5-6,8-11,18H,4,7H2,(H,23,25)(H,24,26). The summed E-state index contributed by atoms with van der Waals surface area (Å²) in [5.74, 6) is -1.84. The van der Waals surface area contributed by atoms with E-state index in [2.05, 4.69) is 15.6 Å². The number of carbonyl (C=O) groups excluding carboxylic acids is 2. The van der Waals surface area contributed by atoms with Gasteiger partial charge in [0, 0.05) is 17.3 Å². The second-order valence-electron chi connectivity index (χ2n) is 6.27. The number of amides is 2. The first-order valence-corrected chi connectivity index (χ1v) is 8.35. The monoisotopic (exact) mass is 349 g/mol. The number of anilines is 1. The van der Waals surface area contributed by atoms with Crippen molar-refractivity contribution in [1.82, 2.24) is 10.3 Å². The van der Waals surface area contributed by atoms with Crippen LogP contribution in [0.1, 0.15) is 23.6 Å². The summed E-state index contributed by atoms with van der Waals surface area (Å²) in [6, 6.07) is 13.1. The van der Waals surface area contributed by atoms with Gasteiger partial charge in [-0.25, -0.2) is 4.39 Å². The molecule has 0 radical (unpaired) electrons. The molecule has 5 nitrogen and oxygen atoms in total. The van der Waals surface area contributed by atoms with E-state index in [1.165, 1.54) is 12.1 Å². The molecule has 1 heterocycles. The minimum atomic E-state index is -0.752. The van der Waals surface area contributed by atoms with E-state index < -0.39 is 11.8 Å². The Balaban J connectivity index is 1.45. The average molecular weight is 349 g/mol. The highest BCUT2D eigenvalue weighted by Gasteiger charge is 2.26. The van der Waals surface area contributed by atoms with Crippen molar-refractivity contribution in [3.05, 3.63) is 71.7 Å². The van der Waals surface area contributed by atoms with Crippen LogP contribution in [0.5, 0.6) is 0 Å². The summed E-state index contributed by atoms with van der Waals surface area (Å²) in [6.45, 7) is 0. The summed E-state index contributed by atoms with van der Waals surface area (Å²) in [7, 11) is 0. The molecule has 2 N–H and O–H groups in total. The van der Waals surface area contributed by atoms with Gasteiger partial charge in [0.1, 0.15) is 5.82 Å². The maximum absolute atomic E-state index is 13.4. The van der Waals surface area contributed by atoms with E-state index in [0.29, 0.717) is 12.1 Å². The van der Waals surface area contributed by atoms with E-state index in [4.69, 9.17) is 0 Å². The number of hydrogen-bond donors (Lipinski definition) is 2. The highest BCUT2D eigenvalue weighted by atomic mass is 19.1. The molecule has 0 saturated carbocycles. The molecule has 130 valence electrons. The maximum Gasteiger partial charge on any atom is 0.313 e. The summed E-state index contributed by atoms with van der Waals surface area (Å²) in [6.07, 6.45) is 3.09. The quantitative estimate of drug-likeness (QED) is 0.699. The van der Waals surface area contributed by atoms with Crippen molar-refractivity contribution in [1.29, 1.82) is 0 Å². The third-order valence-electron chi connectivity index (χ3n) is 4.56. The molecule has 1 atom stereocenters. The van der Waals surface area contributed by atoms with Crippen LogP contribution >= 0.6 is 0 Å². The summed E-state index contributed by atoms with van der Waals surface area (Å²) in [4.78, 5) is 28.6. The largest absolute Gasteiger partial charge is 0.341 e. The number of pyridine rings is 1. The minimum Gasteiger partial charge on any atom is -0.341 e. The van der Waals surface area contributed by atoms with Gasteiger partial charge in [-0.15, -0.1) is 0 Å². The van der Waals surface area contributed by atoms with Gasteiger partial charge in [-0.2, -0.15) is 0 Å². The van der Waals surface area contributed by atoms with Crippen LogP contribution in [0.3, 0.4) is 0 Å². The van der Waals surface area contributed by atoms with Gasteiger partial charge in [0.2, 0.25) is 0 Å². The number of aromatic nitrogens is 1. The molecule has 26 heavy (non-hydrogen) atoms. The lowest BCUT2D eigenvalue weighted by Gasteiger charge is -2.14. The molecule has 0 spiro atoms. The molecule has 1 aromatic heterocycles. The predicted molar refractivity (Wildman–Crippen MR) is 96.0 cm³/mol. The van der Waals surface area contributed by atoms with Gasteiger partial charge in [-0.3, -0.25) is 14.6 Å². The summed E-state index contributed by atoms with van der Waals surface area (Å²) < 4.78 is 13.4. The SMILES string of the molecule is O=C(Nc1ccc2ncccc2c1)C(=O)NC1CCc2ccc(F)cc21. The van der Waals surface area contributed by atoms with Crippen LogP contribution in [0.15, 0.2) is 54.7 Å². The first kappa shape index (κ1) is 16.2. The Labute approximate surface area is 149 Å². The molecule has 0 saturated heterocycles. The lowest BCUT2D eigenvalue weighted by Crippen LogP contribution is -2.37. The number of fused-ring (bicyclic) bond motifs is 2. The van der Waals surface area contributed by atoms with Crippen LogP contribution in [0.4, 0.5) is 10.1 Å². The van der Waals surface area contributed by atoms with E-state index in [-0.39, 0.29) is 11.9 Å². The van der Waals surface area contributed by atoms with Gasteiger partial charge in [-0.05, 0) is 60.4 Å². The van der Waals surface area contributed by atoms with Crippen molar-refractivity contribution in [2.45, 2.75) is 18.9 Å². The molecular formula is C20H16FN3O2. The Kier molecular flexibility index (Phi) is 4.08. The zero-order chi connectivity index (χ0) is 18.1. The first-order valence-electron chi connectivity index (χ1n) is 8.35. The second-order valence-corrected chi connectivity index (χ2v) is 6.27. The van der Waals surface area contributed by atoms with Crippen LogP contribution in [0, 0.1) is 5.82 Å². The van der Waals surface area contributed by atoms with E-state index >= 15 is 0 Å². The smallest absolute Gasteiger partial charge is 0.313 e. The van der Waals surface area contributed by atoms with Gasteiger partial charge >= 0.3 is 11.8 Å². The van der Waals surface area contributed by atoms with E-state index in [1.54, 1.807) is 36.5 Å². The van der Waals surface area contributed by atoms with Gasteiger partial charge in [0.25, 0.3) is 0 Å². The van der Waals surface area contributed by atoms with Crippen molar-refractivity contribution in [3.8, 4) is 0 Å². The molecule has 0 fully saturated rings. The molecule has 2 amide bonds. The van der Waals surface area contributed by atoms with Crippen molar-refractivity contribution in [2.75, 3.05) is 5.32 Å². The molecule has 1 aliphatic carbocycles. The lowest BCUT2D eigenvalue weighted by atomic mass is 10.1. The average Bonchev–Trinajstić information content (AvgIpc) is 3.03. The second kappa shape index (κ2) is 6.55. The van der Waals surface area contributed by atoms with Gasteiger partial charge in [-0.1, -0.05) is 12.1 Å². The molecule has 2 aromatic carbocycles. The summed E-state index contributed by atoms with van der Waals surface area (Å²) in [5.41, 5.74) is 3.06. The van der Waals surface area contributed by atoms with E-state index in [0.717, 1.165) is 28.5 Å². The van der Waals surface area contributed by atoms with Crippen LogP contribution in [0.25, 0.3) is 10.9 Å². The van der Waals surface area contributed by atoms with Crippen molar-refractivity contribution >= 4 is 28.4 Å². The number of halogens is 1. The number of benzene rings is 2. The highest BCUT2D eigenvalue weighted by Crippen LogP contribution is 2.31. The normalized spacial score (nSPS) is 15.5. The molecule has 4 rings (SSSR count). The Morgan fingerprint density at radius 3 is 2.85 bits per heavy atom. The fraction of sp³-hybridized carbons (Fsp3) is 0.150. The van der Waals surface area contributed by atoms with Crippen molar-refractivity contribution in [3.63, 3.8) is 0 Å². The summed E-state index contributed by atoms with van der Waals surface area (Å²) in [5, 5.41) is 6.15. The Morgan fingerprint density at radius 1 is 1.08 bits per heavy atom. The lowest BCUT2D eigenvalue weighted by molar-refractivity contribution is -0.136. The van der Waals surface area contributed by atoms with Crippen LogP contribution < -0.4 is 10.6 Å². The van der Waals surface area contributed by atoms with Crippen LogP contribution in [-0.2, 0) is 16.0 Å². The van der Waals surface area contributed by atoms with Crippen molar-refractivity contribution in [2.24, 2.45) is 0 Å². The number of aryl methyl sites for hydroxylation is 1. The third kappa shape index (κ3) is 3.13. The van der Waals surface area contributed by atoms with Gasteiger partial charge in [0.15, 0.2) is 0 Å². The maximum atomic E-state index is 13.4. The number of hydrogen-bond acceptors (Lipinski definition) is 3. The highest BCUT2D eigenvalue weighted by molar-refractivity contribution is 6.39. The first-order chi connectivity index (χ1) is 12.6. The zero-order valence-electron chi connectivity index (χ0n) is 13.8. The molecular weight excluding hydrogens is 333 g/mol. The fourth-order valence-corrected chi connectivity index (χ4v) is 3.29. The number of nitrogens with one attached hydrogen (secondary N) is 2. The van der Waals surface area contributed by atoms with Crippen LogP contribution in [0.2, 0.25) is 0 Å². The van der Waals surface area contributed by atoms with E-state index in [1.807, 2.05) is 6.07 Å². The zero-order valence-corrected chi connectivity index (χ0v) is 13.8. The third-order valence-corrected chi connectivity index (χ3v) is 4.56. The number of nitrogens with zero attached hydrogens (tertiary/aromatic N) is 1. The number of rotatable bonds is 2. The Bertz CT molecular complexity index is 1020. The molecule has 3 aromatic rings. The molecule has 1 unspecified atom stereocenters. The predicted octanol–water partition coefficient (Wildman–Crippen LogP) is 3.12. The minimum absolute atomic E-state index is 0.347. The van der Waals surface area contributed by atoms with Crippen molar-refractivity contribution < 1.29 is 14.0 Å². The van der Waals surface area contributed by atoms with Crippen LogP contribution in [-0.4, -0.2) is 16.8 Å². The molecule has 0 aliphatic heterocycles. The fourth-order valence-electron chi connectivity index (χ4n) is 3.29. The molecule has 1 aliphatic rings. The molecule has 0 bridgehead atoms. The van der Waals surface area contributed by atoms with Gasteiger partial charge < -0.3 is 10.6 Å². The van der Waals surface area contributed by atoms with E-state index in [9.17, 15) is 14.0 Å². The Hall–Kier alpha value is -3.28. The topological polar surface area (TPSA) is 71.1 Å². The number of carbonyl (C=O) groups is 2.